The Morgan fingerprint density at radius 2 is 2.08 bits per heavy atom. The maximum atomic E-state index is 12.4. The minimum absolute atomic E-state index is 0.0856. The molecule has 6 heteroatoms. The smallest absolute Gasteiger partial charge is 0.223 e. The van der Waals surface area contributed by atoms with Crippen molar-refractivity contribution in [2.45, 2.75) is 32.8 Å². The Bertz CT molecular complexity index is 544. The molecule has 1 aliphatic heterocycles. The lowest BCUT2D eigenvalue weighted by molar-refractivity contribution is -0.138. The standard InChI is InChI=1S/C18H26N2O4/c1-3-23-16-7-4-15(5-8-16)6-9-18(22)20-10-11-24-17(13-20)12-19-14(2)21/h4-5,7-8,17H,3,6,9-13H2,1-2H3,(H,19,21). The molecule has 0 bridgehead atoms. The van der Waals surface area contributed by atoms with Gasteiger partial charge in [-0.25, -0.2) is 0 Å². The van der Waals surface area contributed by atoms with Crippen LogP contribution in [0.15, 0.2) is 24.3 Å². The van der Waals surface area contributed by atoms with Crippen molar-refractivity contribution in [1.82, 2.24) is 10.2 Å². The number of rotatable bonds is 7. The van der Waals surface area contributed by atoms with Crippen LogP contribution in [0, 0.1) is 0 Å². The third kappa shape index (κ3) is 5.85. The Morgan fingerprint density at radius 3 is 2.75 bits per heavy atom. The molecule has 6 nitrogen and oxygen atoms in total. The normalized spacial score (nSPS) is 17.4. The van der Waals surface area contributed by atoms with Gasteiger partial charge in [0.25, 0.3) is 0 Å². The van der Waals surface area contributed by atoms with Gasteiger partial charge >= 0.3 is 0 Å². The minimum atomic E-state index is -0.128. The summed E-state index contributed by atoms with van der Waals surface area (Å²) < 4.78 is 11.0. The Kier molecular flexibility index (Phi) is 7.06. The quantitative estimate of drug-likeness (QED) is 0.818. The molecule has 1 heterocycles. The van der Waals surface area contributed by atoms with Crippen molar-refractivity contribution >= 4 is 11.8 Å². The molecule has 1 aliphatic rings. The van der Waals surface area contributed by atoms with Crippen LogP contribution in [0.4, 0.5) is 0 Å². The molecule has 1 atom stereocenters. The zero-order valence-electron chi connectivity index (χ0n) is 14.4. The summed E-state index contributed by atoms with van der Waals surface area (Å²) in [6.07, 6.45) is 1.05. The van der Waals surface area contributed by atoms with Crippen molar-refractivity contribution in [2.24, 2.45) is 0 Å². The van der Waals surface area contributed by atoms with E-state index in [2.05, 4.69) is 5.32 Å². The van der Waals surface area contributed by atoms with Crippen molar-refractivity contribution in [3.8, 4) is 5.75 Å². The Labute approximate surface area is 143 Å². The molecule has 1 aromatic rings. The summed E-state index contributed by atoms with van der Waals surface area (Å²) >= 11 is 0. The Morgan fingerprint density at radius 1 is 1.33 bits per heavy atom. The first-order valence-corrected chi connectivity index (χ1v) is 8.44. The van der Waals surface area contributed by atoms with Crippen molar-refractivity contribution in [3.63, 3.8) is 0 Å². The minimum Gasteiger partial charge on any atom is -0.494 e. The van der Waals surface area contributed by atoms with Crippen molar-refractivity contribution in [3.05, 3.63) is 29.8 Å². The molecule has 132 valence electrons. The Balaban J connectivity index is 1.77. The number of nitrogens with zero attached hydrogens (tertiary/aromatic N) is 1. The molecule has 1 aromatic carbocycles. The summed E-state index contributed by atoms with van der Waals surface area (Å²) in [6.45, 7) is 6.17. The van der Waals surface area contributed by atoms with Gasteiger partial charge in [-0.1, -0.05) is 12.1 Å². The van der Waals surface area contributed by atoms with Crippen LogP contribution in [-0.4, -0.2) is 55.7 Å². The number of nitrogens with one attached hydrogen (secondary N) is 1. The van der Waals surface area contributed by atoms with E-state index in [1.54, 1.807) is 0 Å². The fraction of sp³-hybridized carbons (Fsp3) is 0.556. The summed E-state index contributed by atoms with van der Waals surface area (Å²) in [5, 5.41) is 2.73. The summed E-state index contributed by atoms with van der Waals surface area (Å²) in [4.78, 5) is 25.2. The maximum absolute atomic E-state index is 12.4. The largest absolute Gasteiger partial charge is 0.494 e. The van der Waals surface area contributed by atoms with Crippen molar-refractivity contribution in [2.75, 3.05) is 32.8 Å². The van der Waals surface area contributed by atoms with E-state index in [1.807, 2.05) is 36.1 Å². The van der Waals surface area contributed by atoms with E-state index in [0.29, 0.717) is 45.7 Å². The number of carbonyl (C=O) groups is 2. The molecule has 1 fully saturated rings. The van der Waals surface area contributed by atoms with E-state index < -0.39 is 0 Å². The number of aryl methyl sites for hydroxylation is 1. The van der Waals surface area contributed by atoms with E-state index in [1.165, 1.54) is 6.92 Å². The van der Waals surface area contributed by atoms with Gasteiger partial charge in [0.05, 0.1) is 19.3 Å². The van der Waals surface area contributed by atoms with Gasteiger partial charge in [-0.15, -0.1) is 0 Å². The number of carbonyl (C=O) groups excluding carboxylic acids is 2. The van der Waals surface area contributed by atoms with Crippen LogP contribution < -0.4 is 10.1 Å². The second-order valence-corrected chi connectivity index (χ2v) is 5.85. The van der Waals surface area contributed by atoms with E-state index >= 15 is 0 Å². The van der Waals surface area contributed by atoms with Crippen LogP contribution in [0.1, 0.15) is 25.8 Å². The number of amides is 2. The molecule has 2 amide bonds. The molecule has 0 aliphatic carbocycles. The molecule has 0 saturated carbocycles. The van der Waals surface area contributed by atoms with Crippen molar-refractivity contribution < 1.29 is 19.1 Å². The van der Waals surface area contributed by atoms with Gasteiger partial charge in [0.2, 0.25) is 11.8 Å². The number of morpholine rings is 1. The fourth-order valence-corrected chi connectivity index (χ4v) is 2.66. The summed E-state index contributed by atoms with van der Waals surface area (Å²) in [5.74, 6) is 0.888. The zero-order chi connectivity index (χ0) is 17.4. The zero-order valence-corrected chi connectivity index (χ0v) is 14.4. The molecule has 1 unspecified atom stereocenters. The lowest BCUT2D eigenvalue weighted by Gasteiger charge is -2.33. The van der Waals surface area contributed by atoms with Gasteiger partial charge in [-0.2, -0.15) is 0 Å². The summed E-state index contributed by atoms with van der Waals surface area (Å²) in [6, 6.07) is 7.86. The molecular formula is C18H26N2O4. The Hall–Kier alpha value is -2.08. The molecule has 0 aromatic heterocycles. The van der Waals surface area contributed by atoms with Gasteiger partial charge < -0.3 is 19.7 Å². The van der Waals surface area contributed by atoms with Crippen LogP contribution in [0.25, 0.3) is 0 Å². The number of ether oxygens (including phenoxy) is 2. The average molecular weight is 334 g/mol. The van der Waals surface area contributed by atoms with Crippen LogP contribution in [-0.2, 0) is 20.7 Å². The van der Waals surface area contributed by atoms with Crippen LogP contribution >= 0.6 is 0 Å². The van der Waals surface area contributed by atoms with Gasteiger partial charge in [0, 0.05) is 33.0 Å². The highest BCUT2D eigenvalue weighted by Gasteiger charge is 2.23. The van der Waals surface area contributed by atoms with Crippen LogP contribution in [0.3, 0.4) is 0 Å². The van der Waals surface area contributed by atoms with Crippen LogP contribution in [0.2, 0.25) is 0 Å². The van der Waals surface area contributed by atoms with Gasteiger partial charge in [-0.05, 0) is 31.0 Å². The van der Waals surface area contributed by atoms with E-state index in [-0.39, 0.29) is 17.9 Å². The number of benzene rings is 1. The number of hydrogen-bond donors (Lipinski definition) is 1. The lowest BCUT2D eigenvalue weighted by Crippen LogP contribution is -2.49. The SMILES string of the molecule is CCOc1ccc(CCC(=O)N2CCOC(CNC(C)=O)C2)cc1. The monoisotopic (exact) mass is 334 g/mol. The molecular weight excluding hydrogens is 308 g/mol. The predicted octanol–water partition coefficient (Wildman–Crippen LogP) is 1.38. The van der Waals surface area contributed by atoms with Gasteiger partial charge in [-0.3, -0.25) is 9.59 Å². The maximum Gasteiger partial charge on any atom is 0.223 e. The highest BCUT2D eigenvalue weighted by Crippen LogP contribution is 2.14. The third-order valence-corrected chi connectivity index (χ3v) is 3.93. The topological polar surface area (TPSA) is 67.9 Å². The molecule has 1 N–H and O–H groups in total. The third-order valence-electron chi connectivity index (χ3n) is 3.93. The van der Waals surface area contributed by atoms with E-state index in [0.717, 1.165) is 11.3 Å². The first kappa shape index (κ1) is 18.3. The first-order valence-electron chi connectivity index (χ1n) is 8.44. The second kappa shape index (κ2) is 9.27. The molecule has 24 heavy (non-hydrogen) atoms. The fourth-order valence-electron chi connectivity index (χ4n) is 2.66. The highest BCUT2D eigenvalue weighted by atomic mass is 16.5. The van der Waals surface area contributed by atoms with E-state index in [4.69, 9.17) is 9.47 Å². The lowest BCUT2D eigenvalue weighted by atomic mass is 10.1. The summed E-state index contributed by atoms with van der Waals surface area (Å²) in [7, 11) is 0. The second-order valence-electron chi connectivity index (χ2n) is 5.85. The predicted molar refractivity (Wildman–Crippen MR) is 90.9 cm³/mol. The highest BCUT2D eigenvalue weighted by molar-refractivity contribution is 5.76. The van der Waals surface area contributed by atoms with Crippen molar-refractivity contribution in [1.29, 1.82) is 0 Å². The molecule has 2 rings (SSSR count). The average Bonchev–Trinajstić information content (AvgIpc) is 2.59. The first-order chi connectivity index (χ1) is 11.6. The van der Waals surface area contributed by atoms with Gasteiger partial charge in [0.15, 0.2) is 0 Å². The molecule has 1 saturated heterocycles. The summed E-state index contributed by atoms with van der Waals surface area (Å²) in [5.41, 5.74) is 1.12. The molecule has 0 radical (unpaired) electrons. The van der Waals surface area contributed by atoms with E-state index in [9.17, 15) is 9.59 Å². The van der Waals surface area contributed by atoms with Gasteiger partial charge in [0.1, 0.15) is 5.75 Å². The number of hydrogen-bond acceptors (Lipinski definition) is 4. The van der Waals surface area contributed by atoms with Crippen LogP contribution in [0.5, 0.6) is 5.75 Å². The molecule has 0 spiro atoms.